The zero-order valence-electron chi connectivity index (χ0n) is 19.1. The van der Waals surface area contributed by atoms with Crippen LogP contribution in [0.2, 0.25) is 0 Å². The topological polar surface area (TPSA) is 83.6 Å². The first-order chi connectivity index (χ1) is 14.7. The molecule has 1 aromatic rings. The molecular formula is C22H35FIN5O3. The van der Waals surface area contributed by atoms with E-state index in [4.69, 9.17) is 15.2 Å². The van der Waals surface area contributed by atoms with Crippen molar-refractivity contribution in [3.8, 4) is 0 Å². The molecule has 32 heavy (non-hydrogen) atoms. The summed E-state index contributed by atoms with van der Waals surface area (Å²) in [5.74, 6) is 0.185. The van der Waals surface area contributed by atoms with Gasteiger partial charge in [-0.25, -0.2) is 9.18 Å². The summed E-state index contributed by atoms with van der Waals surface area (Å²) in [7, 11) is 0. The van der Waals surface area contributed by atoms with Crippen molar-refractivity contribution in [2.24, 2.45) is 10.7 Å². The molecule has 0 saturated carbocycles. The lowest BCUT2D eigenvalue weighted by Gasteiger charge is -2.37. The number of hydrogen-bond donors (Lipinski definition) is 1. The quantitative estimate of drug-likeness (QED) is 0.345. The molecule has 8 nitrogen and oxygen atoms in total. The lowest BCUT2D eigenvalue weighted by atomic mass is 10.0. The van der Waals surface area contributed by atoms with Crippen LogP contribution in [-0.4, -0.2) is 91.4 Å². The van der Waals surface area contributed by atoms with E-state index in [0.717, 1.165) is 18.7 Å². The van der Waals surface area contributed by atoms with Crippen LogP contribution in [0.3, 0.4) is 0 Å². The zero-order valence-corrected chi connectivity index (χ0v) is 21.5. The standard InChI is InChI=1S/C22H34FN5O3.HI/c1-22(2,3)31-21(29)28-9-7-27(8-10-28)20(24)25-16-19(26-11-13-30-14-12-26)17-5-4-6-18(23)15-17;/h4-6,15,19H,7-14,16H2,1-3H3,(H2,24,25);1H. The van der Waals surface area contributed by atoms with Crippen molar-refractivity contribution < 1.29 is 18.7 Å². The number of carbonyl (C=O) groups is 1. The van der Waals surface area contributed by atoms with Gasteiger partial charge in [0.25, 0.3) is 0 Å². The molecule has 180 valence electrons. The lowest BCUT2D eigenvalue weighted by molar-refractivity contribution is 0.0171. The van der Waals surface area contributed by atoms with Crippen LogP contribution in [0.5, 0.6) is 0 Å². The lowest BCUT2D eigenvalue weighted by Crippen LogP contribution is -2.53. The third-order valence-electron chi connectivity index (χ3n) is 5.40. The van der Waals surface area contributed by atoms with Gasteiger partial charge in [-0.3, -0.25) is 9.89 Å². The first kappa shape index (κ1) is 26.6. The van der Waals surface area contributed by atoms with Crippen molar-refractivity contribution in [2.75, 3.05) is 59.0 Å². The second-order valence-corrected chi connectivity index (χ2v) is 8.87. The van der Waals surface area contributed by atoms with E-state index >= 15 is 0 Å². The molecule has 2 aliphatic heterocycles. The molecule has 2 fully saturated rings. The van der Waals surface area contributed by atoms with Crippen molar-refractivity contribution in [1.82, 2.24) is 14.7 Å². The van der Waals surface area contributed by atoms with Gasteiger partial charge < -0.3 is 25.0 Å². The third-order valence-corrected chi connectivity index (χ3v) is 5.40. The number of hydrogen-bond acceptors (Lipinski definition) is 5. The second kappa shape index (κ2) is 12.0. The number of benzene rings is 1. The Morgan fingerprint density at radius 1 is 1.16 bits per heavy atom. The van der Waals surface area contributed by atoms with E-state index in [1.807, 2.05) is 31.7 Å². The van der Waals surface area contributed by atoms with E-state index in [1.165, 1.54) is 6.07 Å². The Bertz CT molecular complexity index is 775. The number of rotatable bonds is 4. The molecule has 0 spiro atoms. The Labute approximate surface area is 206 Å². The number of carbonyl (C=O) groups excluding carboxylic acids is 1. The van der Waals surface area contributed by atoms with Gasteiger partial charge in [0, 0.05) is 39.3 Å². The number of halogens is 2. The molecular weight excluding hydrogens is 528 g/mol. The van der Waals surface area contributed by atoms with Crippen LogP contribution in [0, 0.1) is 5.82 Å². The molecule has 1 aromatic carbocycles. The average Bonchev–Trinajstić information content (AvgIpc) is 2.73. The summed E-state index contributed by atoms with van der Waals surface area (Å²) in [6.45, 7) is 11.1. The first-order valence-electron chi connectivity index (χ1n) is 10.8. The Kier molecular flexibility index (Phi) is 9.96. The Morgan fingerprint density at radius 2 is 1.78 bits per heavy atom. The fourth-order valence-corrected chi connectivity index (χ4v) is 3.76. The van der Waals surface area contributed by atoms with Gasteiger partial charge in [0.2, 0.25) is 0 Å². The fraction of sp³-hybridized carbons (Fsp3) is 0.636. The summed E-state index contributed by atoms with van der Waals surface area (Å²) in [5, 5.41) is 0. The highest BCUT2D eigenvalue weighted by Gasteiger charge is 2.27. The van der Waals surface area contributed by atoms with Crippen molar-refractivity contribution in [2.45, 2.75) is 32.4 Å². The van der Waals surface area contributed by atoms with Crippen LogP contribution in [0.25, 0.3) is 0 Å². The molecule has 1 unspecified atom stereocenters. The summed E-state index contributed by atoms with van der Waals surface area (Å²) in [6, 6.07) is 6.59. The molecule has 3 rings (SSSR count). The number of piperazine rings is 1. The third kappa shape index (κ3) is 7.73. The van der Waals surface area contributed by atoms with Gasteiger partial charge in [0.05, 0.1) is 25.8 Å². The summed E-state index contributed by atoms with van der Waals surface area (Å²) < 4.78 is 24.7. The van der Waals surface area contributed by atoms with Crippen LogP contribution >= 0.6 is 24.0 Å². The molecule has 0 aromatic heterocycles. The predicted molar refractivity (Wildman–Crippen MR) is 133 cm³/mol. The highest BCUT2D eigenvalue weighted by Crippen LogP contribution is 2.23. The monoisotopic (exact) mass is 563 g/mol. The molecule has 2 N–H and O–H groups in total. The van der Waals surface area contributed by atoms with Gasteiger partial charge in [0.15, 0.2) is 5.96 Å². The van der Waals surface area contributed by atoms with Crippen LogP contribution in [0.15, 0.2) is 29.3 Å². The SMILES string of the molecule is CC(C)(C)OC(=O)N1CCN(C(N)=NCC(c2cccc(F)c2)N2CCOCC2)CC1.I. The van der Waals surface area contributed by atoms with Crippen LogP contribution in [0.4, 0.5) is 9.18 Å². The molecule has 2 heterocycles. The normalized spacial score (nSPS) is 19.3. The van der Waals surface area contributed by atoms with Crippen LogP contribution < -0.4 is 5.73 Å². The maximum Gasteiger partial charge on any atom is 0.410 e. The van der Waals surface area contributed by atoms with E-state index in [-0.39, 0.29) is 41.9 Å². The number of nitrogens with zero attached hydrogens (tertiary/aromatic N) is 4. The average molecular weight is 563 g/mol. The van der Waals surface area contributed by atoms with Gasteiger partial charge in [-0.15, -0.1) is 24.0 Å². The Balaban J connectivity index is 0.00000363. The van der Waals surface area contributed by atoms with Gasteiger partial charge in [-0.05, 0) is 38.5 Å². The van der Waals surface area contributed by atoms with E-state index in [9.17, 15) is 9.18 Å². The minimum absolute atomic E-state index is 0. The van der Waals surface area contributed by atoms with Gasteiger partial charge in [-0.2, -0.15) is 0 Å². The maximum atomic E-state index is 13.8. The van der Waals surface area contributed by atoms with Crippen molar-refractivity contribution >= 4 is 36.0 Å². The predicted octanol–water partition coefficient (Wildman–Crippen LogP) is 2.68. The Hall–Kier alpha value is -1.66. The second-order valence-electron chi connectivity index (χ2n) is 8.87. The number of ether oxygens (including phenoxy) is 2. The van der Waals surface area contributed by atoms with Gasteiger partial charge in [0.1, 0.15) is 11.4 Å². The summed E-state index contributed by atoms with van der Waals surface area (Å²) in [4.78, 5) is 22.8. The smallest absolute Gasteiger partial charge is 0.410 e. The highest BCUT2D eigenvalue weighted by molar-refractivity contribution is 14.0. The number of guanidine groups is 1. The molecule has 1 atom stereocenters. The van der Waals surface area contributed by atoms with Crippen molar-refractivity contribution in [3.05, 3.63) is 35.6 Å². The van der Waals surface area contributed by atoms with E-state index in [1.54, 1.807) is 17.0 Å². The molecule has 2 saturated heterocycles. The summed E-state index contributed by atoms with van der Waals surface area (Å²) in [6.07, 6.45) is -0.304. The zero-order chi connectivity index (χ0) is 22.4. The number of amides is 1. The van der Waals surface area contributed by atoms with Gasteiger partial charge in [-0.1, -0.05) is 12.1 Å². The minimum atomic E-state index is -0.514. The summed E-state index contributed by atoms with van der Waals surface area (Å²) in [5.41, 5.74) is 6.65. The van der Waals surface area contributed by atoms with E-state index in [2.05, 4.69) is 9.89 Å². The van der Waals surface area contributed by atoms with Crippen molar-refractivity contribution in [3.63, 3.8) is 0 Å². The largest absolute Gasteiger partial charge is 0.444 e. The minimum Gasteiger partial charge on any atom is -0.444 e. The number of aliphatic imine (C=N–C) groups is 1. The van der Waals surface area contributed by atoms with Crippen molar-refractivity contribution in [1.29, 1.82) is 0 Å². The van der Waals surface area contributed by atoms with E-state index < -0.39 is 5.60 Å². The highest BCUT2D eigenvalue weighted by atomic mass is 127. The first-order valence-corrected chi connectivity index (χ1v) is 10.8. The molecule has 1 amide bonds. The number of nitrogens with two attached hydrogens (primary N) is 1. The molecule has 0 aliphatic carbocycles. The number of morpholine rings is 1. The maximum absolute atomic E-state index is 13.8. The van der Waals surface area contributed by atoms with Crippen LogP contribution in [0.1, 0.15) is 32.4 Å². The van der Waals surface area contributed by atoms with E-state index in [0.29, 0.717) is 51.9 Å². The molecule has 10 heteroatoms. The Morgan fingerprint density at radius 3 is 2.38 bits per heavy atom. The van der Waals surface area contributed by atoms with Crippen LogP contribution in [-0.2, 0) is 9.47 Å². The molecule has 0 radical (unpaired) electrons. The molecule has 0 bridgehead atoms. The van der Waals surface area contributed by atoms with Gasteiger partial charge >= 0.3 is 6.09 Å². The fourth-order valence-electron chi connectivity index (χ4n) is 3.76. The molecule has 2 aliphatic rings. The summed E-state index contributed by atoms with van der Waals surface area (Å²) >= 11 is 0.